The summed E-state index contributed by atoms with van der Waals surface area (Å²) < 4.78 is 6.65. The molecule has 0 unspecified atom stereocenters. The lowest BCUT2D eigenvalue weighted by atomic mass is 10.1. The number of allylic oxidation sites excluding steroid dienone is 1. The van der Waals surface area contributed by atoms with Gasteiger partial charge in [-0.1, -0.05) is 81.4 Å². The Kier molecular flexibility index (Phi) is 6.34. The van der Waals surface area contributed by atoms with Crippen molar-refractivity contribution in [3.63, 3.8) is 0 Å². The SMILES string of the molecule is CC(C)(C)[Si](OC[C@](C)(O)/C=C/C=O)(c1ccccc1)c1ccccc1. The van der Waals surface area contributed by atoms with E-state index < -0.39 is 13.9 Å². The zero-order chi connectivity index (χ0) is 19.3. The third-order valence-corrected chi connectivity index (χ3v) is 9.51. The van der Waals surface area contributed by atoms with E-state index in [0.717, 1.165) is 10.4 Å². The van der Waals surface area contributed by atoms with Crippen molar-refractivity contribution in [3.8, 4) is 0 Å². The van der Waals surface area contributed by atoms with Crippen LogP contribution in [0.2, 0.25) is 5.04 Å². The van der Waals surface area contributed by atoms with Gasteiger partial charge >= 0.3 is 0 Å². The van der Waals surface area contributed by atoms with Crippen molar-refractivity contribution in [1.82, 2.24) is 0 Å². The van der Waals surface area contributed by atoms with E-state index in [1.165, 1.54) is 12.2 Å². The molecule has 138 valence electrons. The highest BCUT2D eigenvalue weighted by atomic mass is 28.4. The summed E-state index contributed by atoms with van der Waals surface area (Å²) in [5.74, 6) is 0. The minimum absolute atomic E-state index is 0.116. The molecule has 0 heterocycles. The molecule has 0 aliphatic carbocycles. The lowest BCUT2D eigenvalue weighted by Gasteiger charge is -2.44. The first-order valence-corrected chi connectivity index (χ1v) is 10.7. The number of carbonyl (C=O) groups excluding carboxylic acids is 1. The first-order chi connectivity index (χ1) is 12.2. The topological polar surface area (TPSA) is 46.5 Å². The van der Waals surface area contributed by atoms with E-state index in [4.69, 9.17) is 4.43 Å². The second-order valence-corrected chi connectivity index (χ2v) is 12.1. The Morgan fingerprint density at radius 3 is 1.77 bits per heavy atom. The summed E-state index contributed by atoms with van der Waals surface area (Å²) in [4.78, 5) is 10.6. The van der Waals surface area contributed by atoms with Gasteiger partial charge in [-0.15, -0.1) is 0 Å². The number of carbonyl (C=O) groups is 1. The fraction of sp³-hybridized carbons (Fsp3) is 0.318. The summed E-state index contributed by atoms with van der Waals surface area (Å²) in [5.41, 5.74) is -1.21. The minimum atomic E-state index is -2.68. The maximum Gasteiger partial charge on any atom is 0.261 e. The molecule has 3 nitrogen and oxygen atoms in total. The van der Waals surface area contributed by atoms with Crippen LogP contribution in [0.3, 0.4) is 0 Å². The summed E-state index contributed by atoms with van der Waals surface area (Å²) in [7, 11) is -2.68. The fourth-order valence-electron chi connectivity index (χ4n) is 3.31. The minimum Gasteiger partial charge on any atom is -0.404 e. The van der Waals surface area contributed by atoms with E-state index >= 15 is 0 Å². The summed E-state index contributed by atoms with van der Waals surface area (Å²) in [6.07, 6.45) is 3.46. The summed E-state index contributed by atoms with van der Waals surface area (Å²) in [6.45, 7) is 8.34. The third-order valence-electron chi connectivity index (χ3n) is 4.53. The Morgan fingerprint density at radius 2 is 1.38 bits per heavy atom. The third kappa shape index (κ3) is 4.39. The smallest absolute Gasteiger partial charge is 0.261 e. The van der Waals surface area contributed by atoms with E-state index in [1.807, 2.05) is 36.4 Å². The van der Waals surface area contributed by atoms with Gasteiger partial charge in [-0.25, -0.2) is 0 Å². The van der Waals surface area contributed by atoms with Crippen molar-refractivity contribution in [2.75, 3.05) is 6.61 Å². The van der Waals surface area contributed by atoms with Crippen LogP contribution in [0.25, 0.3) is 0 Å². The molecule has 0 aliphatic rings. The second-order valence-electron chi connectivity index (χ2n) is 7.80. The van der Waals surface area contributed by atoms with E-state index in [2.05, 4.69) is 45.0 Å². The molecule has 26 heavy (non-hydrogen) atoms. The average Bonchev–Trinajstić information content (AvgIpc) is 2.61. The average molecular weight is 369 g/mol. The molecule has 1 atom stereocenters. The van der Waals surface area contributed by atoms with Crippen LogP contribution in [0.5, 0.6) is 0 Å². The number of hydrogen-bond donors (Lipinski definition) is 1. The quantitative estimate of drug-likeness (QED) is 0.464. The van der Waals surface area contributed by atoms with Crippen LogP contribution >= 0.6 is 0 Å². The predicted octanol–water partition coefficient (Wildman–Crippen LogP) is 3.07. The van der Waals surface area contributed by atoms with E-state index in [0.29, 0.717) is 6.29 Å². The van der Waals surface area contributed by atoms with Crippen molar-refractivity contribution < 1.29 is 14.3 Å². The van der Waals surface area contributed by atoms with Crippen LogP contribution in [0.4, 0.5) is 0 Å². The van der Waals surface area contributed by atoms with Gasteiger partial charge in [-0.05, 0) is 34.5 Å². The van der Waals surface area contributed by atoms with Crippen LogP contribution in [0.15, 0.2) is 72.8 Å². The molecule has 0 fully saturated rings. The molecule has 4 heteroatoms. The highest BCUT2D eigenvalue weighted by Gasteiger charge is 2.50. The van der Waals surface area contributed by atoms with Gasteiger partial charge in [0, 0.05) is 0 Å². The Morgan fingerprint density at radius 1 is 0.923 bits per heavy atom. The Labute approximate surface area is 157 Å². The van der Waals surface area contributed by atoms with Gasteiger partial charge in [0.15, 0.2) is 0 Å². The lowest BCUT2D eigenvalue weighted by molar-refractivity contribution is -0.104. The summed E-state index contributed by atoms with van der Waals surface area (Å²) in [6, 6.07) is 20.6. The molecule has 2 aromatic carbocycles. The van der Waals surface area contributed by atoms with Gasteiger partial charge in [0.25, 0.3) is 8.32 Å². The van der Waals surface area contributed by atoms with Crippen molar-refractivity contribution in [2.24, 2.45) is 0 Å². The molecule has 0 spiro atoms. The van der Waals surface area contributed by atoms with Crippen molar-refractivity contribution >= 4 is 25.0 Å². The first-order valence-electron chi connectivity index (χ1n) is 8.83. The largest absolute Gasteiger partial charge is 0.404 e. The molecule has 0 aromatic heterocycles. The molecule has 0 radical (unpaired) electrons. The Bertz CT molecular complexity index is 691. The van der Waals surface area contributed by atoms with Gasteiger partial charge in [0.2, 0.25) is 0 Å². The summed E-state index contributed by atoms with van der Waals surface area (Å²) in [5, 5.41) is 12.8. The van der Waals surface area contributed by atoms with Crippen molar-refractivity contribution in [2.45, 2.75) is 38.3 Å². The molecule has 2 rings (SSSR count). The van der Waals surface area contributed by atoms with Gasteiger partial charge in [-0.3, -0.25) is 4.79 Å². The highest BCUT2D eigenvalue weighted by Crippen LogP contribution is 2.37. The standard InChI is InChI=1S/C22H28O3Si/c1-21(2,3)26(19-12-7-5-8-13-19,20-14-9-6-10-15-20)25-18-22(4,24)16-11-17-23/h5-17,24H,18H2,1-4H3/b16-11+/t22-/m1/s1. The predicted molar refractivity (Wildman–Crippen MR) is 109 cm³/mol. The monoisotopic (exact) mass is 368 g/mol. The molecule has 1 N–H and O–H groups in total. The van der Waals surface area contributed by atoms with E-state index in [1.54, 1.807) is 6.92 Å². The normalized spacial score (nSPS) is 15.0. The lowest BCUT2D eigenvalue weighted by Crippen LogP contribution is -2.67. The molecule has 0 aliphatic heterocycles. The molecular formula is C22H28O3Si. The molecule has 0 saturated heterocycles. The highest BCUT2D eigenvalue weighted by molar-refractivity contribution is 6.99. The van der Waals surface area contributed by atoms with Crippen LogP contribution < -0.4 is 10.4 Å². The molecule has 0 amide bonds. The Balaban J connectivity index is 2.57. The molecular weight excluding hydrogens is 340 g/mol. The number of hydrogen-bond acceptors (Lipinski definition) is 3. The number of aldehydes is 1. The fourth-order valence-corrected chi connectivity index (χ4v) is 7.97. The summed E-state index contributed by atoms with van der Waals surface area (Å²) >= 11 is 0. The van der Waals surface area contributed by atoms with Gasteiger partial charge in [0.05, 0.1) is 6.61 Å². The van der Waals surface area contributed by atoms with Crippen LogP contribution in [0.1, 0.15) is 27.7 Å². The van der Waals surface area contributed by atoms with Gasteiger partial charge in [0.1, 0.15) is 11.9 Å². The van der Waals surface area contributed by atoms with Gasteiger partial charge < -0.3 is 9.53 Å². The maximum absolute atomic E-state index is 10.6. The van der Waals surface area contributed by atoms with Crippen LogP contribution in [-0.4, -0.2) is 31.9 Å². The zero-order valence-corrected chi connectivity index (χ0v) is 17.0. The van der Waals surface area contributed by atoms with Crippen LogP contribution in [-0.2, 0) is 9.22 Å². The molecule has 2 aromatic rings. The maximum atomic E-state index is 10.6. The van der Waals surface area contributed by atoms with E-state index in [9.17, 15) is 9.90 Å². The van der Waals surface area contributed by atoms with Crippen molar-refractivity contribution in [3.05, 3.63) is 72.8 Å². The van der Waals surface area contributed by atoms with E-state index in [-0.39, 0.29) is 11.6 Å². The first kappa shape index (κ1) is 20.3. The molecule has 0 bridgehead atoms. The number of rotatable bonds is 7. The van der Waals surface area contributed by atoms with Crippen LogP contribution in [0, 0.1) is 0 Å². The zero-order valence-electron chi connectivity index (χ0n) is 16.0. The second kappa shape index (κ2) is 8.12. The van der Waals surface area contributed by atoms with Crippen molar-refractivity contribution in [1.29, 1.82) is 0 Å². The number of aliphatic hydroxyl groups is 1. The number of benzene rings is 2. The molecule has 0 saturated carbocycles. The van der Waals surface area contributed by atoms with Gasteiger partial charge in [-0.2, -0.15) is 0 Å². The Hall–Kier alpha value is -2.01.